The summed E-state index contributed by atoms with van der Waals surface area (Å²) in [5.41, 5.74) is -0.741. The van der Waals surface area contributed by atoms with Crippen LogP contribution in [0.1, 0.15) is 38.2 Å². The van der Waals surface area contributed by atoms with Gasteiger partial charge in [0.05, 0.1) is 5.56 Å². The molecule has 1 saturated carbocycles. The third kappa shape index (κ3) is 3.99. The molecule has 1 aromatic rings. The van der Waals surface area contributed by atoms with E-state index in [1.807, 2.05) is 4.90 Å². The van der Waals surface area contributed by atoms with E-state index in [1.165, 1.54) is 18.9 Å². The van der Waals surface area contributed by atoms with Crippen LogP contribution >= 0.6 is 0 Å². The van der Waals surface area contributed by atoms with Crippen molar-refractivity contribution in [3.8, 4) is 0 Å². The summed E-state index contributed by atoms with van der Waals surface area (Å²) in [4.78, 5) is 18.1. The average Bonchev–Trinajstić information content (AvgIpc) is 3.39. The fourth-order valence-corrected chi connectivity index (χ4v) is 3.17. The Labute approximate surface area is 139 Å². The molecule has 1 saturated heterocycles. The maximum absolute atomic E-state index is 12.6. The third-order valence-corrected chi connectivity index (χ3v) is 4.96. The number of halogens is 3. The molecule has 1 unspecified atom stereocenters. The topological polar surface area (TPSA) is 45.2 Å². The molecule has 4 nitrogen and oxygen atoms in total. The number of alkyl halides is 3. The van der Waals surface area contributed by atoms with E-state index < -0.39 is 11.7 Å². The van der Waals surface area contributed by atoms with Gasteiger partial charge in [0.2, 0.25) is 5.91 Å². The fourth-order valence-electron chi connectivity index (χ4n) is 3.17. The number of anilines is 1. The molecule has 1 N–H and O–H groups in total. The molecular weight excluding hydrogens is 319 g/mol. The van der Waals surface area contributed by atoms with Gasteiger partial charge in [-0.3, -0.25) is 4.79 Å². The number of hydrogen-bond donors (Lipinski definition) is 1. The molecular formula is C17H22F3N3O. The molecule has 2 fully saturated rings. The molecule has 3 rings (SSSR count). The van der Waals surface area contributed by atoms with E-state index in [4.69, 9.17) is 0 Å². The molecule has 132 valence electrons. The van der Waals surface area contributed by atoms with Gasteiger partial charge in [0, 0.05) is 31.2 Å². The Hall–Kier alpha value is -1.79. The fraction of sp³-hybridized carbons (Fsp3) is 0.647. The van der Waals surface area contributed by atoms with E-state index >= 15 is 0 Å². The van der Waals surface area contributed by atoms with E-state index in [2.05, 4.69) is 17.2 Å². The van der Waals surface area contributed by atoms with E-state index in [0.717, 1.165) is 12.3 Å². The first-order valence-corrected chi connectivity index (χ1v) is 8.43. The van der Waals surface area contributed by atoms with Gasteiger partial charge in [-0.25, -0.2) is 4.98 Å². The van der Waals surface area contributed by atoms with E-state index in [0.29, 0.717) is 37.7 Å². The predicted molar refractivity (Wildman–Crippen MR) is 84.5 cm³/mol. The highest BCUT2D eigenvalue weighted by Gasteiger charge is 2.33. The quantitative estimate of drug-likeness (QED) is 0.914. The van der Waals surface area contributed by atoms with Crippen molar-refractivity contribution in [2.24, 2.45) is 11.8 Å². The molecule has 24 heavy (non-hydrogen) atoms. The SMILES string of the molecule is CC(NC(=O)C1CCN(c2ccc(C(F)(F)F)cn2)CC1)C1CC1. The molecule has 1 aromatic heterocycles. The molecule has 0 aromatic carbocycles. The second-order valence-electron chi connectivity index (χ2n) is 6.80. The molecule has 1 amide bonds. The third-order valence-electron chi connectivity index (χ3n) is 4.96. The first-order chi connectivity index (χ1) is 11.3. The van der Waals surface area contributed by atoms with Gasteiger partial charge in [-0.15, -0.1) is 0 Å². The van der Waals surface area contributed by atoms with Crippen LogP contribution < -0.4 is 10.2 Å². The molecule has 1 aliphatic carbocycles. The largest absolute Gasteiger partial charge is 0.417 e. The highest BCUT2D eigenvalue weighted by Crippen LogP contribution is 2.33. The van der Waals surface area contributed by atoms with Gasteiger partial charge in [-0.1, -0.05) is 0 Å². The number of nitrogens with one attached hydrogen (secondary N) is 1. The highest BCUT2D eigenvalue weighted by molar-refractivity contribution is 5.79. The van der Waals surface area contributed by atoms with Gasteiger partial charge < -0.3 is 10.2 Å². The first-order valence-electron chi connectivity index (χ1n) is 8.43. The van der Waals surface area contributed by atoms with Crippen LogP contribution in [0.4, 0.5) is 19.0 Å². The monoisotopic (exact) mass is 341 g/mol. The van der Waals surface area contributed by atoms with Crippen LogP contribution in [-0.2, 0) is 11.0 Å². The number of piperidine rings is 1. The smallest absolute Gasteiger partial charge is 0.357 e. The zero-order valence-corrected chi connectivity index (χ0v) is 13.6. The van der Waals surface area contributed by atoms with Crippen molar-refractivity contribution in [3.05, 3.63) is 23.9 Å². The van der Waals surface area contributed by atoms with Gasteiger partial charge in [-0.05, 0) is 50.7 Å². The Kier molecular flexibility index (Phi) is 4.69. The zero-order valence-electron chi connectivity index (χ0n) is 13.6. The van der Waals surface area contributed by atoms with Crippen LogP contribution in [0.2, 0.25) is 0 Å². The number of carbonyl (C=O) groups excluding carboxylic acids is 1. The van der Waals surface area contributed by atoms with Gasteiger partial charge in [0.25, 0.3) is 0 Å². The summed E-state index contributed by atoms with van der Waals surface area (Å²) in [5, 5.41) is 3.09. The Morgan fingerprint density at radius 3 is 2.42 bits per heavy atom. The Bertz CT molecular complexity index is 576. The van der Waals surface area contributed by atoms with Crippen molar-refractivity contribution in [3.63, 3.8) is 0 Å². The molecule has 2 aliphatic rings. The van der Waals surface area contributed by atoms with Crippen molar-refractivity contribution in [1.29, 1.82) is 0 Å². The van der Waals surface area contributed by atoms with Crippen LogP contribution in [0, 0.1) is 11.8 Å². The number of hydrogen-bond acceptors (Lipinski definition) is 3. The van der Waals surface area contributed by atoms with Crippen molar-refractivity contribution in [2.75, 3.05) is 18.0 Å². The average molecular weight is 341 g/mol. The standard InChI is InChI=1S/C17H22F3N3O/c1-11(12-2-3-12)22-16(24)13-6-8-23(9-7-13)15-5-4-14(10-21-15)17(18,19)20/h4-5,10-13H,2-3,6-9H2,1H3,(H,22,24). The Morgan fingerprint density at radius 2 is 1.92 bits per heavy atom. The maximum atomic E-state index is 12.6. The van der Waals surface area contributed by atoms with Crippen LogP contribution in [0.25, 0.3) is 0 Å². The van der Waals surface area contributed by atoms with Gasteiger partial charge in [0.1, 0.15) is 5.82 Å². The van der Waals surface area contributed by atoms with Crippen molar-refractivity contribution in [2.45, 2.75) is 44.8 Å². The van der Waals surface area contributed by atoms with Gasteiger partial charge in [-0.2, -0.15) is 13.2 Å². The number of carbonyl (C=O) groups is 1. The summed E-state index contributed by atoms with van der Waals surface area (Å²) in [7, 11) is 0. The van der Waals surface area contributed by atoms with Gasteiger partial charge in [0.15, 0.2) is 0 Å². The molecule has 0 radical (unpaired) electrons. The minimum atomic E-state index is -4.37. The lowest BCUT2D eigenvalue weighted by molar-refractivity contribution is -0.137. The summed E-state index contributed by atoms with van der Waals surface area (Å²) in [6.45, 7) is 3.32. The van der Waals surface area contributed by atoms with Crippen LogP contribution in [0.15, 0.2) is 18.3 Å². The van der Waals surface area contributed by atoms with Crippen molar-refractivity contribution in [1.82, 2.24) is 10.3 Å². The summed E-state index contributed by atoms with van der Waals surface area (Å²) >= 11 is 0. The summed E-state index contributed by atoms with van der Waals surface area (Å²) in [6.07, 6.45) is 0.289. The van der Waals surface area contributed by atoms with Crippen molar-refractivity contribution < 1.29 is 18.0 Å². The summed E-state index contributed by atoms with van der Waals surface area (Å²) in [5.74, 6) is 1.25. The molecule has 0 spiro atoms. The van der Waals surface area contributed by atoms with Crippen LogP contribution in [0.5, 0.6) is 0 Å². The molecule has 1 aliphatic heterocycles. The highest BCUT2D eigenvalue weighted by atomic mass is 19.4. The maximum Gasteiger partial charge on any atom is 0.417 e. The molecule has 1 atom stereocenters. The second-order valence-corrected chi connectivity index (χ2v) is 6.80. The van der Waals surface area contributed by atoms with Crippen LogP contribution in [0.3, 0.4) is 0 Å². The number of aromatic nitrogens is 1. The molecule has 2 heterocycles. The Balaban J connectivity index is 1.52. The molecule has 7 heteroatoms. The van der Waals surface area contributed by atoms with Crippen LogP contribution in [-0.4, -0.2) is 30.0 Å². The predicted octanol–water partition coefficient (Wildman–Crippen LogP) is 3.23. The van der Waals surface area contributed by atoms with E-state index in [-0.39, 0.29) is 17.9 Å². The number of nitrogens with zero attached hydrogens (tertiary/aromatic N) is 2. The van der Waals surface area contributed by atoms with Gasteiger partial charge >= 0.3 is 6.18 Å². The summed E-state index contributed by atoms with van der Waals surface area (Å²) < 4.78 is 37.7. The minimum absolute atomic E-state index is 0.0168. The number of pyridine rings is 1. The zero-order chi connectivity index (χ0) is 17.3. The first kappa shape index (κ1) is 17.0. The Morgan fingerprint density at radius 1 is 1.25 bits per heavy atom. The number of amides is 1. The lowest BCUT2D eigenvalue weighted by Crippen LogP contribution is -2.43. The lowest BCUT2D eigenvalue weighted by atomic mass is 9.95. The van der Waals surface area contributed by atoms with Crippen molar-refractivity contribution >= 4 is 11.7 Å². The minimum Gasteiger partial charge on any atom is -0.357 e. The van der Waals surface area contributed by atoms with E-state index in [1.54, 1.807) is 0 Å². The lowest BCUT2D eigenvalue weighted by Gasteiger charge is -2.32. The number of rotatable bonds is 4. The summed E-state index contributed by atoms with van der Waals surface area (Å²) in [6, 6.07) is 2.70. The van der Waals surface area contributed by atoms with E-state index in [9.17, 15) is 18.0 Å². The normalized spacial score (nSPS) is 20.8. The molecule has 0 bridgehead atoms. The second kappa shape index (κ2) is 6.61.